The summed E-state index contributed by atoms with van der Waals surface area (Å²) in [6, 6.07) is 0. The van der Waals surface area contributed by atoms with Gasteiger partial charge in [0.1, 0.15) is 6.10 Å². The number of rotatable bonds is 1. The van der Waals surface area contributed by atoms with E-state index in [1.54, 1.807) is 14.0 Å². The van der Waals surface area contributed by atoms with E-state index in [4.69, 9.17) is 4.74 Å². The van der Waals surface area contributed by atoms with E-state index in [9.17, 15) is 9.90 Å². The number of carbonyl (C=O) groups excluding carboxylic acids is 1. The molecule has 0 bridgehead atoms. The third-order valence-corrected chi connectivity index (χ3v) is 4.21. The van der Waals surface area contributed by atoms with Crippen molar-refractivity contribution in [3.8, 4) is 0 Å². The van der Waals surface area contributed by atoms with Gasteiger partial charge in [0.2, 0.25) is 5.91 Å². The average Bonchev–Trinajstić information content (AvgIpc) is 2.47. The van der Waals surface area contributed by atoms with Gasteiger partial charge in [-0.2, -0.15) is 0 Å². The Kier molecular flexibility index (Phi) is 8.43. The number of carbonyl (C=O) groups is 1. The van der Waals surface area contributed by atoms with Crippen LogP contribution in [0.3, 0.4) is 0 Å². The van der Waals surface area contributed by atoms with Crippen LogP contribution in [0.2, 0.25) is 0 Å². The summed E-state index contributed by atoms with van der Waals surface area (Å²) in [5.74, 6) is 0.0917. The van der Waals surface area contributed by atoms with Crippen molar-refractivity contribution in [1.29, 1.82) is 0 Å². The molecule has 4 nitrogen and oxygen atoms in total. The monoisotopic (exact) mass is 309 g/mol. The van der Waals surface area contributed by atoms with Crippen LogP contribution in [0, 0.1) is 5.92 Å². The van der Waals surface area contributed by atoms with E-state index in [0.717, 1.165) is 37.8 Å². The highest BCUT2D eigenvalue weighted by Crippen LogP contribution is 2.17. The second-order valence-corrected chi connectivity index (χ2v) is 6.28. The van der Waals surface area contributed by atoms with E-state index < -0.39 is 6.10 Å². The fourth-order valence-corrected chi connectivity index (χ4v) is 2.85. The van der Waals surface area contributed by atoms with Crippen molar-refractivity contribution in [3.63, 3.8) is 0 Å². The number of aliphatic hydroxyl groups is 1. The van der Waals surface area contributed by atoms with Gasteiger partial charge in [0, 0.05) is 33.0 Å². The molecule has 0 spiro atoms. The molecule has 0 radical (unpaired) electrons. The average molecular weight is 309 g/mol. The van der Waals surface area contributed by atoms with E-state index in [0.29, 0.717) is 6.54 Å². The SMILES string of the molecule is CO[C@H]1/C=C/CCCCCN(C(C)=O)C/C(C)=C\[C@@H](C)[C@@H]1O. The second-order valence-electron chi connectivity index (χ2n) is 6.28. The minimum atomic E-state index is -0.579. The van der Waals surface area contributed by atoms with Gasteiger partial charge in [0.05, 0.1) is 6.10 Å². The molecule has 4 heteroatoms. The Morgan fingerprint density at radius 3 is 2.73 bits per heavy atom. The highest BCUT2D eigenvalue weighted by Gasteiger charge is 2.21. The number of aliphatic hydroxyl groups excluding tert-OH is 1. The highest BCUT2D eigenvalue weighted by molar-refractivity contribution is 5.73. The van der Waals surface area contributed by atoms with Gasteiger partial charge in [-0.15, -0.1) is 0 Å². The van der Waals surface area contributed by atoms with Gasteiger partial charge in [0.15, 0.2) is 0 Å². The largest absolute Gasteiger partial charge is 0.389 e. The Bertz CT molecular complexity index is 403. The molecule has 22 heavy (non-hydrogen) atoms. The summed E-state index contributed by atoms with van der Waals surface area (Å²) >= 11 is 0. The maximum absolute atomic E-state index is 11.7. The molecule has 0 fully saturated rings. The van der Waals surface area contributed by atoms with Crippen molar-refractivity contribution in [1.82, 2.24) is 4.90 Å². The van der Waals surface area contributed by atoms with E-state index in [2.05, 4.69) is 6.08 Å². The molecule has 1 aliphatic heterocycles. The lowest BCUT2D eigenvalue weighted by atomic mass is 9.96. The predicted octanol–water partition coefficient (Wildman–Crippen LogP) is 2.92. The zero-order valence-electron chi connectivity index (χ0n) is 14.4. The smallest absolute Gasteiger partial charge is 0.219 e. The summed E-state index contributed by atoms with van der Waals surface area (Å²) in [5, 5.41) is 10.4. The van der Waals surface area contributed by atoms with Gasteiger partial charge in [-0.25, -0.2) is 0 Å². The quantitative estimate of drug-likeness (QED) is 0.758. The molecule has 1 N–H and O–H groups in total. The van der Waals surface area contributed by atoms with Gasteiger partial charge in [-0.1, -0.05) is 37.1 Å². The lowest BCUT2D eigenvalue weighted by Crippen LogP contribution is -2.33. The number of amides is 1. The van der Waals surface area contributed by atoms with Gasteiger partial charge in [0.25, 0.3) is 0 Å². The number of nitrogens with zero attached hydrogens (tertiary/aromatic N) is 1. The fourth-order valence-electron chi connectivity index (χ4n) is 2.85. The molecule has 0 unspecified atom stereocenters. The van der Waals surface area contributed by atoms with Crippen LogP contribution in [0.15, 0.2) is 23.8 Å². The van der Waals surface area contributed by atoms with E-state index in [-0.39, 0.29) is 17.9 Å². The number of hydrogen-bond donors (Lipinski definition) is 1. The molecule has 0 aromatic rings. The van der Waals surface area contributed by atoms with Crippen molar-refractivity contribution in [2.45, 2.75) is 58.7 Å². The summed E-state index contributed by atoms with van der Waals surface area (Å²) in [4.78, 5) is 13.6. The van der Waals surface area contributed by atoms with E-state index in [1.165, 1.54) is 0 Å². The van der Waals surface area contributed by atoms with Crippen LogP contribution in [0.25, 0.3) is 0 Å². The van der Waals surface area contributed by atoms with Crippen molar-refractivity contribution in [2.24, 2.45) is 5.92 Å². The number of allylic oxidation sites excluding steroid dienone is 1. The molecular weight excluding hydrogens is 278 g/mol. The van der Waals surface area contributed by atoms with Crippen LogP contribution in [-0.4, -0.2) is 48.3 Å². The second kappa shape index (κ2) is 9.80. The highest BCUT2D eigenvalue weighted by atomic mass is 16.5. The summed E-state index contributed by atoms with van der Waals surface area (Å²) in [5.41, 5.74) is 1.11. The summed E-state index contributed by atoms with van der Waals surface area (Å²) in [6.45, 7) is 7.07. The Morgan fingerprint density at radius 1 is 1.36 bits per heavy atom. The van der Waals surface area contributed by atoms with Crippen molar-refractivity contribution >= 4 is 5.91 Å². The van der Waals surface area contributed by atoms with Crippen molar-refractivity contribution < 1.29 is 14.6 Å². The molecule has 1 rings (SSSR count). The molecule has 1 heterocycles. The Balaban J connectivity index is 2.88. The zero-order valence-corrected chi connectivity index (χ0v) is 14.4. The fraction of sp³-hybridized carbons (Fsp3) is 0.722. The first kappa shape index (κ1) is 18.9. The van der Waals surface area contributed by atoms with Crippen molar-refractivity contribution in [2.75, 3.05) is 20.2 Å². The number of ether oxygens (including phenoxy) is 1. The van der Waals surface area contributed by atoms with Crippen LogP contribution in [-0.2, 0) is 9.53 Å². The molecule has 1 amide bonds. The van der Waals surface area contributed by atoms with E-state index in [1.807, 2.05) is 30.9 Å². The standard InChI is InChI=1S/C18H31NO3/c1-14-12-15(2)18(21)17(22-4)10-8-6-5-7-9-11-19(13-14)16(3)20/h8,10,12,15,17-18,21H,5-7,9,11,13H2,1-4H3/b10-8+,14-12-/t15-,17+,18+/m1/s1. The number of hydrogen-bond acceptors (Lipinski definition) is 3. The molecule has 3 atom stereocenters. The van der Waals surface area contributed by atoms with Gasteiger partial charge < -0.3 is 14.7 Å². The lowest BCUT2D eigenvalue weighted by molar-refractivity contribution is -0.128. The molecule has 1 aliphatic rings. The Labute approximate surface area is 134 Å². The minimum absolute atomic E-state index is 0.0219. The van der Waals surface area contributed by atoms with Crippen LogP contribution < -0.4 is 0 Å². The summed E-state index contributed by atoms with van der Waals surface area (Å²) in [7, 11) is 1.63. The maximum Gasteiger partial charge on any atom is 0.219 e. The first-order chi connectivity index (χ1) is 10.5. The Morgan fingerprint density at radius 2 is 2.09 bits per heavy atom. The molecular formula is C18H31NO3. The number of methoxy groups -OCH3 is 1. The van der Waals surface area contributed by atoms with Gasteiger partial charge >= 0.3 is 0 Å². The summed E-state index contributed by atoms with van der Waals surface area (Å²) < 4.78 is 5.40. The molecule has 126 valence electrons. The van der Waals surface area contributed by atoms with Crippen molar-refractivity contribution in [3.05, 3.63) is 23.8 Å². The topological polar surface area (TPSA) is 49.8 Å². The summed E-state index contributed by atoms with van der Waals surface area (Å²) in [6.07, 6.45) is 9.46. The van der Waals surface area contributed by atoms with E-state index >= 15 is 0 Å². The zero-order chi connectivity index (χ0) is 16.5. The Hall–Kier alpha value is -1.13. The molecule has 0 aromatic heterocycles. The lowest BCUT2D eigenvalue weighted by Gasteiger charge is -2.25. The maximum atomic E-state index is 11.7. The van der Waals surface area contributed by atoms with Crippen LogP contribution in [0.5, 0.6) is 0 Å². The third kappa shape index (κ3) is 6.32. The minimum Gasteiger partial charge on any atom is -0.389 e. The predicted molar refractivity (Wildman–Crippen MR) is 89.6 cm³/mol. The normalized spacial score (nSPS) is 32.7. The van der Waals surface area contributed by atoms with Crippen LogP contribution in [0.4, 0.5) is 0 Å². The molecule has 0 saturated heterocycles. The van der Waals surface area contributed by atoms with Crippen LogP contribution >= 0.6 is 0 Å². The first-order valence-electron chi connectivity index (χ1n) is 8.26. The third-order valence-electron chi connectivity index (χ3n) is 4.21. The molecule has 0 saturated carbocycles. The van der Waals surface area contributed by atoms with Crippen LogP contribution in [0.1, 0.15) is 46.5 Å². The van der Waals surface area contributed by atoms with Gasteiger partial charge in [-0.3, -0.25) is 4.79 Å². The van der Waals surface area contributed by atoms with Gasteiger partial charge in [-0.05, 0) is 26.2 Å². The first-order valence-corrected chi connectivity index (χ1v) is 8.26. The molecule has 0 aromatic carbocycles. The molecule has 0 aliphatic carbocycles.